The maximum atomic E-state index is 12.2. The van der Waals surface area contributed by atoms with Gasteiger partial charge in [-0.05, 0) is 24.2 Å². The normalized spacial score (nSPS) is 21.8. The van der Waals surface area contributed by atoms with Crippen molar-refractivity contribution in [3.63, 3.8) is 0 Å². The van der Waals surface area contributed by atoms with Gasteiger partial charge in [0.25, 0.3) is 0 Å². The Hall–Kier alpha value is -0.610. The molecule has 0 aromatic heterocycles. The van der Waals surface area contributed by atoms with Crippen LogP contribution in [-0.4, -0.2) is 37.7 Å². The molecular weight excluding hydrogens is 252 g/mol. The molecule has 1 amide bonds. The number of morpholine rings is 1. The van der Waals surface area contributed by atoms with Gasteiger partial charge in [0.1, 0.15) is 0 Å². The Bertz CT molecular complexity index is 291. The van der Waals surface area contributed by atoms with E-state index in [9.17, 15) is 4.79 Å². The number of nitrogens with one attached hydrogen (secondary N) is 2. The molecule has 0 aliphatic carbocycles. The molecule has 0 radical (unpaired) electrons. The molecule has 1 aliphatic rings. The van der Waals surface area contributed by atoms with Gasteiger partial charge in [-0.1, -0.05) is 34.6 Å². The highest BCUT2D eigenvalue weighted by Gasteiger charge is 2.27. The van der Waals surface area contributed by atoms with Gasteiger partial charge in [-0.2, -0.15) is 0 Å². The molecule has 4 nitrogen and oxygen atoms in total. The van der Waals surface area contributed by atoms with E-state index in [1.54, 1.807) is 0 Å². The van der Waals surface area contributed by atoms with Gasteiger partial charge in [0.2, 0.25) is 5.91 Å². The minimum atomic E-state index is 0.0227. The van der Waals surface area contributed by atoms with Crippen molar-refractivity contribution in [1.82, 2.24) is 10.6 Å². The third-order valence-electron chi connectivity index (χ3n) is 3.83. The van der Waals surface area contributed by atoms with Crippen molar-refractivity contribution in [3.8, 4) is 0 Å². The van der Waals surface area contributed by atoms with Crippen LogP contribution in [0.5, 0.6) is 0 Å². The van der Waals surface area contributed by atoms with Crippen molar-refractivity contribution in [2.24, 2.45) is 11.3 Å². The molecule has 0 aromatic rings. The first-order valence-electron chi connectivity index (χ1n) is 7.90. The SMILES string of the molecule is CC(C)CC[C@H](NC(=O)C[C@@H]1CNCCO1)C(C)(C)C. The van der Waals surface area contributed by atoms with Crippen LogP contribution < -0.4 is 10.6 Å². The van der Waals surface area contributed by atoms with Crippen LogP contribution in [0.2, 0.25) is 0 Å². The van der Waals surface area contributed by atoms with Gasteiger partial charge in [-0.25, -0.2) is 0 Å². The van der Waals surface area contributed by atoms with Gasteiger partial charge in [-0.3, -0.25) is 4.79 Å². The summed E-state index contributed by atoms with van der Waals surface area (Å²) in [6.07, 6.45) is 2.66. The fourth-order valence-corrected chi connectivity index (χ4v) is 2.43. The third-order valence-corrected chi connectivity index (χ3v) is 3.83. The number of amides is 1. The minimum absolute atomic E-state index is 0.0227. The summed E-state index contributed by atoms with van der Waals surface area (Å²) in [5.74, 6) is 0.782. The summed E-state index contributed by atoms with van der Waals surface area (Å²) < 4.78 is 5.59. The summed E-state index contributed by atoms with van der Waals surface area (Å²) in [6.45, 7) is 13.4. The van der Waals surface area contributed by atoms with E-state index in [1.165, 1.54) is 0 Å². The molecule has 1 heterocycles. The van der Waals surface area contributed by atoms with Gasteiger partial charge >= 0.3 is 0 Å². The molecule has 2 N–H and O–H groups in total. The monoisotopic (exact) mass is 284 g/mol. The summed E-state index contributed by atoms with van der Waals surface area (Å²) in [5.41, 5.74) is 0.0935. The minimum Gasteiger partial charge on any atom is -0.375 e. The Labute approximate surface area is 124 Å². The van der Waals surface area contributed by atoms with Crippen molar-refractivity contribution in [3.05, 3.63) is 0 Å². The van der Waals surface area contributed by atoms with Crippen LogP contribution >= 0.6 is 0 Å². The number of hydrogen-bond donors (Lipinski definition) is 2. The van der Waals surface area contributed by atoms with Crippen molar-refractivity contribution in [2.75, 3.05) is 19.7 Å². The summed E-state index contributed by atoms with van der Waals surface area (Å²) in [5, 5.41) is 6.47. The van der Waals surface area contributed by atoms with Gasteiger partial charge in [0, 0.05) is 19.1 Å². The zero-order chi connectivity index (χ0) is 15.2. The van der Waals surface area contributed by atoms with E-state index in [0.717, 1.165) is 25.9 Å². The number of rotatable bonds is 6. The topological polar surface area (TPSA) is 50.4 Å². The Kier molecular flexibility index (Phi) is 6.96. The van der Waals surface area contributed by atoms with E-state index in [0.29, 0.717) is 18.9 Å². The molecule has 4 heteroatoms. The molecule has 0 aromatic carbocycles. The van der Waals surface area contributed by atoms with Crippen LogP contribution in [-0.2, 0) is 9.53 Å². The van der Waals surface area contributed by atoms with Crippen LogP contribution in [0.15, 0.2) is 0 Å². The lowest BCUT2D eigenvalue weighted by Crippen LogP contribution is -2.47. The van der Waals surface area contributed by atoms with Crippen molar-refractivity contribution < 1.29 is 9.53 Å². The summed E-state index contributed by atoms with van der Waals surface area (Å²) in [7, 11) is 0. The molecule has 1 rings (SSSR count). The Morgan fingerprint density at radius 1 is 1.35 bits per heavy atom. The largest absolute Gasteiger partial charge is 0.375 e. The molecule has 1 fully saturated rings. The first-order valence-corrected chi connectivity index (χ1v) is 7.90. The molecule has 1 saturated heterocycles. The van der Waals surface area contributed by atoms with Crippen molar-refractivity contribution in [1.29, 1.82) is 0 Å². The highest BCUT2D eigenvalue weighted by Crippen LogP contribution is 2.24. The van der Waals surface area contributed by atoms with Crippen LogP contribution in [0.3, 0.4) is 0 Å². The number of hydrogen-bond acceptors (Lipinski definition) is 3. The molecule has 118 valence electrons. The first-order chi connectivity index (χ1) is 9.29. The van der Waals surface area contributed by atoms with E-state index < -0.39 is 0 Å². The molecule has 0 spiro atoms. The van der Waals surface area contributed by atoms with Crippen LogP contribution in [0.4, 0.5) is 0 Å². The van der Waals surface area contributed by atoms with Crippen LogP contribution in [0, 0.1) is 11.3 Å². The predicted molar refractivity (Wildman–Crippen MR) is 82.7 cm³/mol. The number of carbonyl (C=O) groups excluding carboxylic acids is 1. The maximum Gasteiger partial charge on any atom is 0.222 e. The quantitative estimate of drug-likeness (QED) is 0.787. The van der Waals surface area contributed by atoms with Gasteiger partial charge in [0.15, 0.2) is 0 Å². The summed E-state index contributed by atoms with van der Waals surface area (Å²) >= 11 is 0. The molecule has 1 aliphatic heterocycles. The molecule has 0 unspecified atom stereocenters. The van der Waals surface area contributed by atoms with Gasteiger partial charge in [-0.15, -0.1) is 0 Å². The summed E-state index contributed by atoms with van der Waals surface area (Å²) in [6, 6.07) is 0.231. The highest BCUT2D eigenvalue weighted by atomic mass is 16.5. The molecule has 0 saturated carbocycles. The Balaban J connectivity index is 2.44. The second-order valence-electron chi connectivity index (χ2n) is 7.36. The molecular formula is C16H32N2O2. The highest BCUT2D eigenvalue weighted by molar-refractivity contribution is 5.76. The van der Waals surface area contributed by atoms with Crippen LogP contribution in [0.25, 0.3) is 0 Å². The van der Waals surface area contributed by atoms with Crippen molar-refractivity contribution in [2.45, 2.75) is 66.0 Å². The zero-order valence-corrected chi connectivity index (χ0v) is 13.8. The van der Waals surface area contributed by atoms with Gasteiger partial charge < -0.3 is 15.4 Å². The van der Waals surface area contributed by atoms with Crippen molar-refractivity contribution >= 4 is 5.91 Å². The lowest BCUT2D eigenvalue weighted by molar-refractivity contribution is -0.126. The fraction of sp³-hybridized carbons (Fsp3) is 0.938. The Morgan fingerprint density at radius 3 is 2.55 bits per heavy atom. The lowest BCUT2D eigenvalue weighted by Gasteiger charge is -2.33. The van der Waals surface area contributed by atoms with E-state index in [1.807, 2.05) is 0 Å². The third kappa shape index (κ3) is 6.71. The van der Waals surface area contributed by atoms with Gasteiger partial charge in [0.05, 0.1) is 19.1 Å². The average molecular weight is 284 g/mol. The smallest absolute Gasteiger partial charge is 0.222 e. The van der Waals surface area contributed by atoms with E-state index >= 15 is 0 Å². The predicted octanol–water partition coefficient (Wildman–Crippen LogP) is 2.33. The fourth-order valence-electron chi connectivity index (χ4n) is 2.43. The molecule has 0 bridgehead atoms. The molecule has 20 heavy (non-hydrogen) atoms. The Morgan fingerprint density at radius 2 is 2.05 bits per heavy atom. The first kappa shape index (κ1) is 17.4. The molecule has 2 atom stereocenters. The standard InChI is InChI=1S/C16H32N2O2/c1-12(2)6-7-14(16(3,4)5)18-15(19)10-13-11-17-8-9-20-13/h12-14,17H,6-11H2,1-5H3,(H,18,19)/t13-,14+/m1/s1. The summed E-state index contributed by atoms with van der Waals surface area (Å²) in [4.78, 5) is 12.2. The van der Waals surface area contributed by atoms with E-state index in [-0.39, 0.29) is 23.5 Å². The average Bonchev–Trinajstić information content (AvgIpc) is 2.34. The lowest BCUT2D eigenvalue weighted by atomic mass is 9.82. The zero-order valence-electron chi connectivity index (χ0n) is 13.8. The second kappa shape index (κ2) is 7.99. The van der Waals surface area contributed by atoms with E-state index in [2.05, 4.69) is 45.3 Å². The number of ether oxygens (including phenoxy) is 1. The number of carbonyl (C=O) groups is 1. The van der Waals surface area contributed by atoms with Crippen LogP contribution in [0.1, 0.15) is 53.9 Å². The second-order valence-corrected chi connectivity index (χ2v) is 7.36. The van der Waals surface area contributed by atoms with E-state index in [4.69, 9.17) is 4.74 Å². The maximum absolute atomic E-state index is 12.2.